The first-order valence-corrected chi connectivity index (χ1v) is 11.1. The maximum absolute atomic E-state index is 10.5. The summed E-state index contributed by atoms with van der Waals surface area (Å²) in [6.45, 7) is 4.95. The van der Waals surface area contributed by atoms with Crippen LogP contribution in [0.3, 0.4) is 0 Å². The average molecular weight is 369 g/mol. The predicted molar refractivity (Wildman–Crippen MR) is 112 cm³/mol. The van der Waals surface area contributed by atoms with Crippen LogP contribution in [0.2, 0.25) is 0 Å². The van der Waals surface area contributed by atoms with Crippen LogP contribution < -0.4 is 11.1 Å². The monoisotopic (exact) mass is 368 g/mol. The highest BCUT2D eigenvalue weighted by Gasteiger charge is 2.04. The molecule has 0 radical (unpaired) electrons. The second kappa shape index (κ2) is 22.4. The SMILES string of the molecule is CCCCCCCCCCCCCCCCOC(C=C=O)CNCCN. The van der Waals surface area contributed by atoms with Gasteiger partial charge in [0.1, 0.15) is 5.94 Å². The van der Waals surface area contributed by atoms with Crippen molar-refractivity contribution in [1.82, 2.24) is 5.32 Å². The van der Waals surface area contributed by atoms with Gasteiger partial charge in [0.2, 0.25) is 0 Å². The lowest BCUT2D eigenvalue weighted by molar-refractivity contribution is 0.0823. The molecule has 1 unspecified atom stereocenters. The summed E-state index contributed by atoms with van der Waals surface area (Å²) < 4.78 is 5.71. The second-order valence-corrected chi connectivity index (χ2v) is 7.28. The Bertz CT molecular complexity index is 317. The van der Waals surface area contributed by atoms with Crippen molar-refractivity contribution < 1.29 is 9.53 Å². The van der Waals surface area contributed by atoms with E-state index in [0.717, 1.165) is 13.0 Å². The Kier molecular flexibility index (Phi) is 21.8. The van der Waals surface area contributed by atoms with Crippen LogP contribution in [-0.2, 0) is 9.53 Å². The number of unbranched alkanes of at least 4 members (excludes halogenated alkanes) is 13. The maximum atomic E-state index is 10.5. The first-order chi connectivity index (χ1) is 12.8. The van der Waals surface area contributed by atoms with E-state index in [4.69, 9.17) is 10.5 Å². The Morgan fingerprint density at radius 1 is 0.885 bits per heavy atom. The van der Waals surface area contributed by atoms with Crippen molar-refractivity contribution in [1.29, 1.82) is 0 Å². The average Bonchev–Trinajstić information content (AvgIpc) is 2.65. The van der Waals surface area contributed by atoms with Gasteiger partial charge in [-0.15, -0.1) is 0 Å². The summed E-state index contributed by atoms with van der Waals surface area (Å²) in [6, 6.07) is 0. The lowest BCUT2D eigenvalue weighted by Crippen LogP contribution is -2.31. The molecule has 26 heavy (non-hydrogen) atoms. The Balaban J connectivity index is 3.28. The van der Waals surface area contributed by atoms with E-state index in [-0.39, 0.29) is 6.10 Å². The molecule has 0 bridgehead atoms. The Morgan fingerprint density at radius 2 is 1.38 bits per heavy atom. The molecule has 0 saturated carbocycles. The third-order valence-electron chi connectivity index (χ3n) is 4.75. The summed E-state index contributed by atoms with van der Waals surface area (Å²) in [4.78, 5) is 10.5. The first-order valence-electron chi connectivity index (χ1n) is 11.1. The zero-order valence-corrected chi connectivity index (χ0v) is 17.3. The summed E-state index contributed by atoms with van der Waals surface area (Å²) in [6.07, 6.45) is 20.2. The van der Waals surface area contributed by atoms with E-state index >= 15 is 0 Å². The quantitative estimate of drug-likeness (QED) is 0.226. The van der Waals surface area contributed by atoms with E-state index in [0.29, 0.717) is 19.7 Å². The van der Waals surface area contributed by atoms with Crippen LogP contribution in [0.25, 0.3) is 0 Å². The Labute approximate surface area is 162 Å². The lowest BCUT2D eigenvalue weighted by Gasteiger charge is -2.13. The number of carbonyl (C=O) groups excluding carboxylic acids is 1. The summed E-state index contributed by atoms with van der Waals surface area (Å²) in [5.41, 5.74) is 5.43. The van der Waals surface area contributed by atoms with Crippen molar-refractivity contribution >= 4 is 5.94 Å². The molecule has 0 fully saturated rings. The Morgan fingerprint density at radius 3 is 1.85 bits per heavy atom. The van der Waals surface area contributed by atoms with Gasteiger partial charge in [-0.05, 0) is 6.42 Å². The van der Waals surface area contributed by atoms with Crippen LogP contribution in [0.5, 0.6) is 0 Å². The summed E-state index contributed by atoms with van der Waals surface area (Å²) >= 11 is 0. The van der Waals surface area contributed by atoms with Crippen LogP contribution in [0.4, 0.5) is 0 Å². The molecule has 1 atom stereocenters. The van der Waals surface area contributed by atoms with Crippen molar-refractivity contribution in [3.63, 3.8) is 0 Å². The summed E-state index contributed by atoms with van der Waals surface area (Å²) in [5, 5.41) is 3.16. The predicted octanol–water partition coefficient (Wildman–Crippen LogP) is 4.79. The highest BCUT2D eigenvalue weighted by atomic mass is 16.5. The van der Waals surface area contributed by atoms with E-state index in [1.165, 1.54) is 89.5 Å². The Hall–Kier alpha value is -0.670. The fourth-order valence-electron chi connectivity index (χ4n) is 3.12. The number of ether oxygens (including phenoxy) is 1. The molecule has 3 N–H and O–H groups in total. The molecule has 0 aliphatic heterocycles. The summed E-state index contributed by atoms with van der Waals surface area (Å²) in [7, 11) is 0. The second-order valence-electron chi connectivity index (χ2n) is 7.28. The molecular weight excluding hydrogens is 324 g/mol. The molecule has 4 heteroatoms. The van der Waals surface area contributed by atoms with Gasteiger partial charge < -0.3 is 15.8 Å². The highest BCUT2D eigenvalue weighted by molar-refractivity contribution is 5.46. The van der Waals surface area contributed by atoms with E-state index in [1.54, 1.807) is 0 Å². The van der Waals surface area contributed by atoms with Gasteiger partial charge in [-0.3, -0.25) is 0 Å². The van der Waals surface area contributed by atoms with E-state index < -0.39 is 0 Å². The summed E-state index contributed by atoms with van der Waals surface area (Å²) in [5.74, 6) is 1.83. The fraction of sp³-hybridized carbons (Fsp3) is 0.909. The van der Waals surface area contributed by atoms with Gasteiger partial charge in [0.25, 0.3) is 0 Å². The van der Waals surface area contributed by atoms with Gasteiger partial charge in [0, 0.05) is 32.3 Å². The highest BCUT2D eigenvalue weighted by Crippen LogP contribution is 2.13. The standard InChI is InChI=1S/C22H44N2O2/c1-2-3-4-5-6-7-8-9-10-11-12-13-14-15-20-26-22(16-19-25)21-24-18-17-23/h16,22,24H,2-15,17-18,20-21,23H2,1H3. The van der Waals surface area contributed by atoms with Crippen molar-refractivity contribution in [2.45, 2.75) is 103 Å². The molecule has 0 aliphatic rings. The number of hydrogen-bond donors (Lipinski definition) is 2. The third-order valence-corrected chi connectivity index (χ3v) is 4.75. The third kappa shape index (κ3) is 19.7. The number of nitrogens with one attached hydrogen (secondary N) is 1. The van der Waals surface area contributed by atoms with Crippen LogP contribution in [0, 0.1) is 0 Å². The minimum atomic E-state index is -0.180. The molecule has 0 aliphatic carbocycles. The van der Waals surface area contributed by atoms with E-state index in [9.17, 15) is 4.79 Å². The largest absolute Gasteiger partial charge is 0.372 e. The van der Waals surface area contributed by atoms with Crippen LogP contribution in [0.1, 0.15) is 96.8 Å². The molecule has 0 heterocycles. The molecule has 4 nitrogen and oxygen atoms in total. The van der Waals surface area contributed by atoms with Crippen LogP contribution in [-0.4, -0.2) is 38.3 Å². The van der Waals surface area contributed by atoms with Crippen molar-refractivity contribution in [2.75, 3.05) is 26.2 Å². The first kappa shape index (κ1) is 25.3. The van der Waals surface area contributed by atoms with Crippen molar-refractivity contribution in [3.05, 3.63) is 6.08 Å². The van der Waals surface area contributed by atoms with E-state index in [1.807, 2.05) is 5.94 Å². The van der Waals surface area contributed by atoms with Gasteiger partial charge in [-0.25, -0.2) is 4.79 Å². The lowest BCUT2D eigenvalue weighted by atomic mass is 10.0. The van der Waals surface area contributed by atoms with Crippen molar-refractivity contribution in [3.8, 4) is 0 Å². The van der Waals surface area contributed by atoms with Gasteiger partial charge in [-0.1, -0.05) is 90.4 Å². The number of rotatable bonds is 21. The molecule has 154 valence electrons. The molecule has 0 rings (SSSR count). The zero-order chi connectivity index (χ0) is 19.1. The van der Waals surface area contributed by atoms with Crippen LogP contribution >= 0.6 is 0 Å². The van der Waals surface area contributed by atoms with Crippen LogP contribution in [0.15, 0.2) is 6.08 Å². The molecule has 0 aromatic rings. The fourth-order valence-corrected chi connectivity index (χ4v) is 3.12. The molecule has 0 aromatic heterocycles. The molecule has 0 spiro atoms. The molecule has 0 aromatic carbocycles. The number of nitrogens with two attached hydrogens (primary N) is 1. The van der Waals surface area contributed by atoms with Gasteiger partial charge >= 0.3 is 0 Å². The van der Waals surface area contributed by atoms with Gasteiger partial charge in [-0.2, -0.15) is 0 Å². The van der Waals surface area contributed by atoms with Gasteiger partial charge in [0.15, 0.2) is 0 Å². The van der Waals surface area contributed by atoms with E-state index in [2.05, 4.69) is 12.2 Å². The zero-order valence-electron chi connectivity index (χ0n) is 17.3. The number of hydrogen-bond acceptors (Lipinski definition) is 4. The normalized spacial score (nSPS) is 12.1. The topological polar surface area (TPSA) is 64.3 Å². The molecule has 0 amide bonds. The smallest absolute Gasteiger partial charge is 0.122 e. The molecular formula is C22H44N2O2. The minimum absolute atomic E-state index is 0.180. The van der Waals surface area contributed by atoms with Gasteiger partial charge in [0.05, 0.1) is 6.10 Å². The minimum Gasteiger partial charge on any atom is -0.372 e. The molecule has 0 saturated heterocycles. The van der Waals surface area contributed by atoms with Crippen molar-refractivity contribution in [2.24, 2.45) is 5.73 Å². The maximum Gasteiger partial charge on any atom is 0.122 e.